The average Bonchev–Trinajstić information content (AvgIpc) is 3.22. The van der Waals surface area contributed by atoms with E-state index in [1.54, 1.807) is 46.8 Å². The summed E-state index contributed by atoms with van der Waals surface area (Å²) in [6.45, 7) is 3.74. The number of halogens is 3. The number of aliphatic imine (C=N–C) groups is 1. The molecule has 1 fully saturated rings. The highest BCUT2D eigenvalue weighted by Gasteiger charge is 2.25. The molecule has 33 heavy (non-hydrogen) atoms. The second-order valence-corrected chi connectivity index (χ2v) is 8.74. The molecule has 10 heteroatoms. The molecule has 1 aliphatic rings. The van der Waals surface area contributed by atoms with Crippen molar-refractivity contribution in [3.8, 4) is 23.1 Å². The molecule has 1 aromatic heterocycles. The summed E-state index contributed by atoms with van der Waals surface area (Å²) in [5, 5.41) is 15.7. The number of carbonyl (C=O) groups excluding carboxylic acids is 1. The highest BCUT2D eigenvalue weighted by molar-refractivity contribution is 6.35. The van der Waals surface area contributed by atoms with Crippen molar-refractivity contribution in [1.29, 1.82) is 5.26 Å². The summed E-state index contributed by atoms with van der Waals surface area (Å²) in [6, 6.07) is 14.4. The monoisotopic (exact) mass is 500 g/mol. The van der Waals surface area contributed by atoms with Crippen LogP contribution in [0.25, 0.3) is 16.9 Å². The Kier molecular flexibility index (Phi) is 6.89. The Bertz CT molecular complexity index is 1250. The van der Waals surface area contributed by atoms with Gasteiger partial charge in [0.25, 0.3) is 0 Å². The van der Waals surface area contributed by atoms with Crippen molar-refractivity contribution < 1.29 is 4.79 Å². The maximum Gasteiger partial charge on any atom is 0.219 e. The first kappa shape index (κ1) is 23.1. The van der Waals surface area contributed by atoms with E-state index in [4.69, 9.17) is 39.9 Å². The maximum absolute atomic E-state index is 11.7. The van der Waals surface area contributed by atoms with Crippen LogP contribution in [0, 0.1) is 11.5 Å². The van der Waals surface area contributed by atoms with Gasteiger partial charge >= 0.3 is 0 Å². The summed E-state index contributed by atoms with van der Waals surface area (Å²) in [7, 11) is 0. The molecule has 2 heterocycles. The molecule has 0 spiro atoms. The van der Waals surface area contributed by atoms with Crippen molar-refractivity contribution in [2.24, 2.45) is 4.99 Å². The van der Waals surface area contributed by atoms with Gasteiger partial charge in [0.05, 0.1) is 16.4 Å². The third kappa shape index (κ3) is 4.98. The van der Waals surface area contributed by atoms with Crippen molar-refractivity contribution in [2.45, 2.75) is 6.92 Å². The molecule has 1 saturated heterocycles. The van der Waals surface area contributed by atoms with E-state index in [2.05, 4.69) is 4.99 Å². The van der Waals surface area contributed by atoms with Gasteiger partial charge < -0.3 is 9.80 Å². The zero-order valence-electron chi connectivity index (χ0n) is 17.7. The lowest BCUT2D eigenvalue weighted by molar-refractivity contribution is -0.130. The van der Waals surface area contributed by atoms with Crippen LogP contribution in [0.3, 0.4) is 0 Å². The van der Waals surface area contributed by atoms with Crippen molar-refractivity contribution in [1.82, 2.24) is 19.6 Å². The van der Waals surface area contributed by atoms with Crippen LogP contribution in [0.15, 0.2) is 53.5 Å². The maximum atomic E-state index is 11.7. The Morgan fingerprint density at radius 3 is 2.21 bits per heavy atom. The number of benzene rings is 2. The van der Waals surface area contributed by atoms with E-state index in [1.807, 2.05) is 29.3 Å². The number of piperazine rings is 1. The van der Waals surface area contributed by atoms with E-state index in [9.17, 15) is 10.1 Å². The van der Waals surface area contributed by atoms with Crippen molar-refractivity contribution in [3.63, 3.8) is 0 Å². The van der Waals surface area contributed by atoms with Gasteiger partial charge in [0.1, 0.15) is 5.69 Å². The van der Waals surface area contributed by atoms with Crippen LogP contribution in [0.1, 0.15) is 12.6 Å². The molecule has 4 rings (SSSR count). The Hall–Kier alpha value is -3.05. The molecule has 0 N–H and O–H groups in total. The number of nitrogens with zero attached hydrogens (tertiary/aromatic N) is 6. The van der Waals surface area contributed by atoms with Crippen molar-refractivity contribution >= 4 is 46.5 Å². The summed E-state index contributed by atoms with van der Waals surface area (Å²) in [4.78, 5) is 19.5. The molecular formula is C23H19Cl3N6O. The standard InChI is InChI=1S/C23H19Cl3N6O/c1-15(33)30-8-10-31(11-9-30)23(28-14-27)20-13-22(16-2-4-17(24)5-3-16)32(29-20)21-7-6-18(25)12-19(21)26/h2-7,12-13H,8-11H2,1H3. The number of amides is 1. The second-order valence-electron chi connectivity index (χ2n) is 7.46. The summed E-state index contributed by atoms with van der Waals surface area (Å²) < 4.78 is 1.70. The molecule has 3 aromatic rings. The Morgan fingerprint density at radius 1 is 0.970 bits per heavy atom. The first-order chi connectivity index (χ1) is 15.9. The van der Waals surface area contributed by atoms with Gasteiger partial charge in [-0.15, -0.1) is 0 Å². The summed E-state index contributed by atoms with van der Waals surface area (Å²) in [5.74, 6) is 0.472. The quantitative estimate of drug-likeness (QED) is 0.291. The lowest BCUT2D eigenvalue weighted by Crippen LogP contribution is -2.50. The second kappa shape index (κ2) is 9.84. The molecule has 1 amide bonds. The normalized spacial score (nSPS) is 14.3. The Labute approximate surface area is 206 Å². The van der Waals surface area contributed by atoms with E-state index in [0.717, 1.165) is 11.3 Å². The molecule has 2 aromatic carbocycles. The van der Waals surface area contributed by atoms with Gasteiger partial charge in [-0.25, -0.2) is 4.68 Å². The molecule has 0 radical (unpaired) electrons. The van der Waals surface area contributed by atoms with E-state index < -0.39 is 0 Å². The lowest BCUT2D eigenvalue weighted by atomic mass is 10.1. The first-order valence-corrected chi connectivity index (χ1v) is 11.3. The minimum Gasteiger partial charge on any atom is -0.351 e. The topological polar surface area (TPSA) is 77.5 Å². The number of amidine groups is 1. The molecule has 0 atom stereocenters. The van der Waals surface area contributed by atoms with E-state index in [-0.39, 0.29) is 5.91 Å². The molecular weight excluding hydrogens is 483 g/mol. The zero-order valence-corrected chi connectivity index (χ0v) is 19.9. The number of aromatic nitrogens is 2. The number of hydrogen-bond acceptors (Lipinski definition) is 4. The largest absolute Gasteiger partial charge is 0.351 e. The zero-order chi connectivity index (χ0) is 23.5. The van der Waals surface area contributed by atoms with Crippen LogP contribution >= 0.6 is 34.8 Å². The Balaban J connectivity index is 1.80. The van der Waals surface area contributed by atoms with Crippen LogP contribution in [0.5, 0.6) is 0 Å². The number of hydrogen-bond donors (Lipinski definition) is 0. The van der Waals surface area contributed by atoms with Gasteiger partial charge in [-0.1, -0.05) is 46.9 Å². The fourth-order valence-electron chi connectivity index (χ4n) is 3.72. The number of rotatable bonds is 3. The highest BCUT2D eigenvalue weighted by Crippen LogP contribution is 2.31. The minimum atomic E-state index is 0.0279. The fourth-order valence-corrected chi connectivity index (χ4v) is 4.34. The van der Waals surface area contributed by atoms with E-state index in [0.29, 0.717) is 58.5 Å². The molecule has 0 bridgehead atoms. The Morgan fingerprint density at radius 2 is 1.61 bits per heavy atom. The summed E-state index contributed by atoms with van der Waals surface area (Å²) in [5.41, 5.74) is 2.76. The molecule has 168 valence electrons. The SMILES string of the molecule is CC(=O)N1CCN(C(=NC#N)c2cc(-c3ccc(Cl)cc3)n(-c3ccc(Cl)cc3Cl)n2)CC1. The summed E-state index contributed by atoms with van der Waals surface area (Å²) in [6.07, 6.45) is 1.89. The summed E-state index contributed by atoms with van der Waals surface area (Å²) >= 11 is 18.7. The van der Waals surface area contributed by atoms with Crippen LogP contribution in [-0.2, 0) is 4.79 Å². The predicted octanol–water partition coefficient (Wildman–Crippen LogP) is 4.89. The van der Waals surface area contributed by atoms with Crippen molar-refractivity contribution in [2.75, 3.05) is 26.2 Å². The molecule has 7 nitrogen and oxygen atoms in total. The smallest absolute Gasteiger partial charge is 0.219 e. The van der Waals surface area contributed by atoms with Gasteiger partial charge in [-0.05, 0) is 36.4 Å². The minimum absolute atomic E-state index is 0.0279. The third-order valence-corrected chi connectivity index (χ3v) is 6.19. The number of carbonyl (C=O) groups is 1. The molecule has 1 aliphatic heterocycles. The molecule has 0 aliphatic carbocycles. The van der Waals surface area contributed by atoms with Gasteiger partial charge in [-0.3, -0.25) is 4.79 Å². The van der Waals surface area contributed by atoms with Gasteiger partial charge in [0, 0.05) is 48.7 Å². The average molecular weight is 502 g/mol. The van der Waals surface area contributed by atoms with Crippen LogP contribution in [0.2, 0.25) is 15.1 Å². The molecule has 0 saturated carbocycles. The van der Waals surface area contributed by atoms with Gasteiger partial charge in [0.2, 0.25) is 12.1 Å². The van der Waals surface area contributed by atoms with Crippen molar-refractivity contribution in [3.05, 3.63) is 69.3 Å². The highest BCUT2D eigenvalue weighted by atomic mass is 35.5. The molecule has 0 unspecified atom stereocenters. The predicted molar refractivity (Wildman–Crippen MR) is 130 cm³/mol. The lowest BCUT2D eigenvalue weighted by Gasteiger charge is -2.35. The van der Waals surface area contributed by atoms with Crippen LogP contribution in [-0.4, -0.2) is 57.5 Å². The van der Waals surface area contributed by atoms with E-state index >= 15 is 0 Å². The van der Waals surface area contributed by atoms with Gasteiger partial charge in [-0.2, -0.15) is 15.4 Å². The fraction of sp³-hybridized carbons (Fsp3) is 0.217. The first-order valence-electron chi connectivity index (χ1n) is 10.2. The van der Waals surface area contributed by atoms with Crippen LogP contribution < -0.4 is 0 Å². The van der Waals surface area contributed by atoms with Crippen LogP contribution in [0.4, 0.5) is 0 Å². The number of nitriles is 1. The third-order valence-electron chi connectivity index (χ3n) is 5.40. The van der Waals surface area contributed by atoms with E-state index in [1.165, 1.54) is 0 Å². The van der Waals surface area contributed by atoms with Gasteiger partial charge in [0.15, 0.2) is 5.84 Å².